The lowest BCUT2D eigenvalue weighted by Gasteiger charge is -2.35. The highest BCUT2D eigenvalue weighted by Crippen LogP contribution is 2.24. The standard InChI is InChI=1S/C20H26F3N3O2/c21-20(22,23)15-24-9-4-8-17(14-24)19(28)26-11-5-10-25(12-13-26)18(27)16-6-2-1-3-7-16/h1-3,6-7,17H,4-5,8-15H2. The van der Waals surface area contributed by atoms with Gasteiger partial charge in [-0.25, -0.2) is 0 Å². The molecule has 0 aromatic heterocycles. The molecule has 0 spiro atoms. The highest BCUT2D eigenvalue weighted by molar-refractivity contribution is 5.94. The van der Waals surface area contributed by atoms with Crippen molar-refractivity contribution in [2.75, 3.05) is 45.8 Å². The van der Waals surface area contributed by atoms with Crippen LogP contribution in [0.3, 0.4) is 0 Å². The molecular formula is C20H26F3N3O2. The quantitative estimate of drug-likeness (QED) is 0.788. The van der Waals surface area contributed by atoms with Gasteiger partial charge in [-0.3, -0.25) is 14.5 Å². The normalized spacial score (nSPS) is 22.0. The van der Waals surface area contributed by atoms with Crippen LogP contribution in [0.2, 0.25) is 0 Å². The summed E-state index contributed by atoms with van der Waals surface area (Å²) in [6, 6.07) is 9.03. The first kappa shape index (κ1) is 20.6. The molecule has 0 bridgehead atoms. The maximum atomic E-state index is 12.9. The Balaban J connectivity index is 1.56. The molecule has 2 heterocycles. The van der Waals surface area contributed by atoms with E-state index in [0.717, 1.165) is 0 Å². The number of nitrogens with zero attached hydrogens (tertiary/aromatic N) is 3. The number of benzene rings is 1. The summed E-state index contributed by atoms with van der Waals surface area (Å²) in [5.41, 5.74) is 0.623. The van der Waals surface area contributed by atoms with Crippen LogP contribution in [0.1, 0.15) is 29.6 Å². The Labute approximate surface area is 163 Å². The second-order valence-corrected chi connectivity index (χ2v) is 7.53. The Morgan fingerprint density at radius 1 is 0.929 bits per heavy atom. The molecule has 0 aliphatic carbocycles. The van der Waals surface area contributed by atoms with Crippen molar-refractivity contribution >= 4 is 11.8 Å². The molecule has 1 aromatic carbocycles. The number of rotatable bonds is 3. The van der Waals surface area contributed by atoms with Crippen LogP contribution >= 0.6 is 0 Å². The number of carbonyl (C=O) groups is 2. The maximum Gasteiger partial charge on any atom is 0.401 e. The van der Waals surface area contributed by atoms with Gasteiger partial charge in [-0.2, -0.15) is 13.2 Å². The van der Waals surface area contributed by atoms with Gasteiger partial charge in [0.25, 0.3) is 5.91 Å². The lowest BCUT2D eigenvalue weighted by Crippen LogP contribution is -2.48. The Morgan fingerprint density at radius 3 is 2.32 bits per heavy atom. The first-order valence-electron chi connectivity index (χ1n) is 9.76. The van der Waals surface area contributed by atoms with E-state index in [1.54, 1.807) is 21.9 Å². The molecule has 0 saturated carbocycles. The second-order valence-electron chi connectivity index (χ2n) is 7.53. The van der Waals surface area contributed by atoms with Crippen molar-refractivity contribution in [3.63, 3.8) is 0 Å². The molecule has 2 fully saturated rings. The molecular weight excluding hydrogens is 371 g/mol. The van der Waals surface area contributed by atoms with E-state index in [0.29, 0.717) is 57.5 Å². The third-order valence-corrected chi connectivity index (χ3v) is 5.37. The van der Waals surface area contributed by atoms with E-state index in [1.807, 2.05) is 18.2 Å². The predicted molar refractivity (Wildman–Crippen MR) is 98.8 cm³/mol. The highest BCUT2D eigenvalue weighted by atomic mass is 19.4. The van der Waals surface area contributed by atoms with Gasteiger partial charge in [-0.05, 0) is 37.9 Å². The molecule has 2 aliphatic rings. The van der Waals surface area contributed by atoms with Gasteiger partial charge in [-0.1, -0.05) is 18.2 Å². The highest BCUT2D eigenvalue weighted by Gasteiger charge is 2.36. The van der Waals surface area contributed by atoms with Gasteiger partial charge in [0.1, 0.15) is 0 Å². The van der Waals surface area contributed by atoms with Gasteiger partial charge in [0.15, 0.2) is 0 Å². The predicted octanol–water partition coefficient (Wildman–Crippen LogP) is 2.64. The minimum atomic E-state index is -4.24. The summed E-state index contributed by atoms with van der Waals surface area (Å²) in [5.74, 6) is -0.530. The van der Waals surface area contributed by atoms with E-state index in [2.05, 4.69) is 0 Å². The fourth-order valence-electron chi connectivity index (χ4n) is 4.02. The molecule has 1 unspecified atom stereocenters. The Bertz CT molecular complexity index is 681. The van der Waals surface area contributed by atoms with Crippen molar-refractivity contribution in [3.8, 4) is 0 Å². The second kappa shape index (κ2) is 8.94. The number of piperidine rings is 1. The number of amides is 2. The number of likely N-dealkylation sites (tertiary alicyclic amines) is 1. The summed E-state index contributed by atoms with van der Waals surface area (Å²) >= 11 is 0. The van der Waals surface area contributed by atoms with Gasteiger partial charge >= 0.3 is 6.18 Å². The molecule has 0 radical (unpaired) electrons. The van der Waals surface area contributed by atoms with Gasteiger partial charge in [0.05, 0.1) is 12.5 Å². The van der Waals surface area contributed by atoms with Crippen LogP contribution in [0, 0.1) is 5.92 Å². The van der Waals surface area contributed by atoms with Crippen LogP contribution in [0.5, 0.6) is 0 Å². The molecule has 2 amide bonds. The monoisotopic (exact) mass is 397 g/mol. The van der Waals surface area contributed by atoms with Crippen LogP contribution < -0.4 is 0 Å². The van der Waals surface area contributed by atoms with Crippen molar-refractivity contribution in [3.05, 3.63) is 35.9 Å². The Morgan fingerprint density at radius 2 is 1.61 bits per heavy atom. The first-order chi connectivity index (χ1) is 13.3. The first-order valence-corrected chi connectivity index (χ1v) is 9.76. The zero-order valence-corrected chi connectivity index (χ0v) is 15.8. The minimum absolute atomic E-state index is 0.0519. The van der Waals surface area contributed by atoms with Crippen LogP contribution in [0.25, 0.3) is 0 Å². The van der Waals surface area contributed by atoms with Gasteiger partial charge < -0.3 is 9.80 Å². The lowest BCUT2D eigenvalue weighted by molar-refractivity contribution is -0.154. The molecule has 5 nitrogen and oxygen atoms in total. The van der Waals surface area contributed by atoms with Gasteiger partial charge in [0.2, 0.25) is 5.91 Å². The molecule has 1 atom stereocenters. The maximum absolute atomic E-state index is 12.9. The minimum Gasteiger partial charge on any atom is -0.341 e. The third kappa shape index (κ3) is 5.47. The van der Waals surface area contributed by atoms with Crippen molar-refractivity contribution in [2.24, 2.45) is 5.92 Å². The molecule has 3 rings (SSSR count). The molecule has 154 valence electrons. The van der Waals surface area contributed by atoms with Gasteiger partial charge in [-0.15, -0.1) is 0 Å². The number of halogens is 3. The van der Waals surface area contributed by atoms with E-state index in [9.17, 15) is 22.8 Å². The summed E-state index contributed by atoms with van der Waals surface area (Å²) < 4.78 is 38.0. The molecule has 2 saturated heterocycles. The van der Waals surface area contributed by atoms with E-state index in [1.165, 1.54) is 4.90 Å². The fraction of sp³-hybridized carbons (Fsp3) is 0.600. The van der Waals surface area contributed by atoms with Gasteiger partial charge in [0, 0.05) is 38.3 Å². The number of carbonyl (C=O) groups excluding carboxylic acids is 2. The third-order valence-electron chi connectivity index (χ3n) is 5.37. The van der Waals surface area contributed by atoms with Crippen molar-refractivity contribution < 1.29 is 22.8 Å². The summed E-state index contributed by atoms with van der Waals surface area (Å²) in [4.78, 5) is 30.3. The van der Waals surface area contributed by atoms with Crippen molar-refractivity contribution in [2.45, 2.75) is 25.4 Å². The van der Waals surface area contributed by atoms with Crippen molar-refractivity contribution in [1.82, 2.24) is 14.7 Å². The molecule has 2 aliphatic heterocycles. The summed E-state index contributed by atoms with van der Waals surface area (Å²) in [7, 11) is 0. The topological polar surface area (TPSA) is 43.9 Å². The molecule has 8 heteroatoms. The summed E-state index contributed by atoms with van der Waals surface area (Å²) in [5, 5.41) is 0. The smallest absolute Gasteiger partial charge is 0.341 e. The van der Waals surface area contributed by atoms with Crippen LogP contribution in [-0.2, 0) is 4.79 Å². The molecule has 1 aromatic rings. The largest absolute Gasteiger partial charge is 0.401 e. The van der Waals surface area contributed by atoms with E-state index >= 15 is 0 Å². The molecule has 0 N–H and O–H groups in total. The lowest BCUT2D eigenvalue weighted by atomic mass is 9.96. The zero-order valence-electron chi connectivity index (χ0n) is 15.8. The van der Waals surface area contributed by atoms with Crippen molar-refractivity contribution in [1.29, 1.82) is 0 Å². The Hall–Kier alpha value is -2.09. The van der Waals surface area contributed by atoms with Crippen LogP contribution in [0.15, 0.2) is 30.3 Å². The van der Waals surface area contributed by atoms with Crippen LogP contribution in [0.4, 0.5) is 13.2 Å². The number of hydrogen-bond donors (Lipinski definition) is 0. The summed E-state index contributed by atoms with van der Waals surface area (Å²) in [6.45, 7) is 1.54. The average molecular weight is 397 g/mol. The Kier molecular flexibility index (Phi) is 6.59. The average Bonchev–Trinajstić information content (AvgIpc) is 2.92. The summed E-state index contributed by atoms with van der Waals surface area (Å²) in [6.07, 6.45) is -2.36. The number of hydrogen-bond acceptors (Lipinski definition) is 3. The SMILES string of the molecule is O=C(c1ccccc1)N1CCCN(C(=O)C2CCCN(CC(F)(F)F)C2)CC1. The van der Waals surface area contributed by atoms with Crippen LogP contribution in [-0.4, -0.2) is 78.5 Å². The van der Waals surface area contributed by atoms with E-state index in [-0.39, 0.29) is 18.4 Å². The zero-order chi connectivity index (χ0) is 20.1. The van der Waals surface area contributed by atoms with E-state index in [4.69, 9.17) is 0 Å². The fourth-order valence-corrected chi connectivity index (χ4v) is 4.02. The number of alkyl halides is 3. The van der Waals surface area contributed by atoms with E-state index < -0.39 is 18.6 Å². The molecule has 28 heavy (non-hydrogen) atoms.